The van der Waals surface area contributed by atoms with Crippen molar-refractivity contribution >= 4 is 17.1 Å². The molecule has 1 amide bonds. The molecule has 0 bridgehead atoms. The number of carbonyl (C=O) groups is 1. The number of rotatable bonds is 5. The lowest BCUT2D eigenvalue weighted by Gasteiger charge is -2.16. The summed E-state index contributed by atoms with van der Waals surface area (Å²) >= 11 is 0. The van der Waals surface area contributed by atoms with E-state index in [1.807, 2.05) is 30.3 Å². The fraction of sp³-hybridized carbons (Fsp3) is 0.125. The summed E-state index contributed by atoms with van der Waals surface area (Å²) in [5.41, 5.74) is 2.24. The number of benzene rings is 1. The van der Waals surface area contributed by atoms with E-state index in [0.717, 1.165) is 5.56 Å². The van der Waals surface area contributed by atoms with Crippen LogP contribution in [-0.2, 0) is 6.42 Å². The smallest absolute Gasteiger partial charge is 0.272 e. The molecule has 0 aliphatic heterocycles. The molecule has 0 radical (unpaired) electrons. The SMILES string of the molecule is O=C(N[C@H](Cc1ccccc1)c1ncn[nH]1)c1ncnc2nc[nH]c12. The summed E-state index contributed by atoms with van der Waals surface area (Å²) < 4.78 is 0. The lowest BCUT2D eigenvalue weighted by Crippen LogP contribution is -2.31. The number of aromatic amines is 2. The van der Waals surface area contributed by atoms with Crippen LogP contribution < -0.4 is 5.32 Å². The Kier molecular flexibility index (Phi) is 3.87. The van der Waals surface area contributed by atoms with Gasteiger partial charge in [-0.2, -0.15) is 5.10 Å². The first-order valence-corrected chi connectivity index (χ1v) is 7.65. The minimum absolute atomic E-state index is 0.236. The zero-order valence-electron chi connectivity index (χ0n) is 13.0. The number of aromatic nitrogens is 7. The van der Waals surface area contributed by atoms with Gasteiger partial charge in [0.25, 0.3) is 5.91 Å². The Bertz CT molecular complexity index is 980. The third kappa shape index (κ3) is 3.07. The molecule has 25 heavy (non-hydrogen) atoms. The van der Waals surface area contributed by atoms with Crippen molar-refractivity contribution in [3.8, 4) is 0 Å². The average Bonchev–Trinajstić information content (AvgIpc) is 3.33. The van der Waals surface area contributed by atoms with Gasteiger partial charge in [0.05, 0.1) is 12.4 Å². The quantitative estimate of drug-likeness (QED) is 0.503. The van der Waals surface area contributed by atoms with Crippen LogP contribution in [-0.4, -0.2) is 41.0 Å². The van der Waals surface area contributed by atoms with Crippen molar-refractivity contribution in [1.29, 1.82) is 0 Å². The van der Waals surface area contributed by atoms with E-state index in [4.69, 9.17) is 0 Å². The van der Waals surface area contributed by atoms with E-state index >= 15 is 0 Å². The van der Waals surface area contributed by atoms with Gasteiger partial charge in [-0.05, 0) is 12.0 Å². The number of H-pyrrole nitrogens is 2. The number of hydrogen-bond donors (Lipinski definition) is 3. The zero-order valence-corrected chi connectivity index (χ0v) is 13.0. The molecule has 9 nitrogen and oxygen atoms in total. The lowest BCUT2D eigenvalue weighted by molar-refractivity contribution is 0.0931. The lowest BCUT2D eigenvalue weighted by atomic mass is 10.1. The third-order valence-electron chi connectivity index (χ3n) is 3.79. The van der Waals surface area contributed by atoms with Gasteiger partial charge in [-0.15, -0.1) is 0 Å². The van der Waals surface area contributed by atoms with Crippen LogP contribution in [0.2, 0.25) is 0 Å². The van der Waals surface area contributed by atoms with Crippen molar-refractivity contribution in [3.05, 3.63) is 66.4 Å². The molecule has 3 heterocycles. The van der Waals surface area contributed by atoms with Gasteiger partial charge in [0.1, 0.15) is 24.0 Å². The van der Waals surface area contributed by atoms with Gasteiger partial charge >= 0.3 is 0 Å². The normalized spacial score (nSPS) is 12.2. The van der Waals surface area contributed by atoms with E-state index in [1.54, 1.807) is 0 Å². The first-order valence-electron chi connectivity index (χ1n) is 7.65. The largest absolute Gasteiger partial charge is 0.341 e. The second-order valence-corrected chi connectivity index (χ2v) is 5.41. The van der Waals surface area contributed by atoms with Gasteiger partial charge in [-0.25, -0.2) is 19.9 Å². The van der Waals surface area contributed by atoms with E-state index in [-0.39, 0.29) is 17.6 Å². The highest BCUT2D eigenvalue weighted by atomic mass is 16.2. The predicted molar refractivity (Wildman–Crippen MR) is 88.4 cm³/mol. The molecule has 0 saturated carbocycles. The summed E-state index contributed by atoms with van der Waals surface area (Å²) in [5.74, 6) is 0.237. The van der Waals surface area contributed by atoms with E-state index in [9.17, 15) is 4.79 Å². The van der Waals surface area contributed by atoms with Crippen LogP contribution in [0.3, 0.4) is 0 Å². The van der Waals surface area contributed by atoms with Crippen molar-refractivity contribution in [2.45, 2.75) is 12.5 Å². The fourth-order valence-electron chi connectivity index (χ4n) is 2.61. The van der Waals surface area contributed by atoms with Gasteiger partial charge in [0.15, 0.2) is 11.3 Å². The summed E-state index contributed by atoms with van der Waals surface area (Å²) in [4.78, 5) is 32.0. The molecule has 124 valence electrons. The number of amides is 1. The van der Waals surface area contributed by atoms with Crippen molar-refractivity contribution in [3.63, 3.8) is 0 Å². The molecule has 0 unspecified atom stereocenters. The second kappa shape index (κ2) is 6.48. The van der Waals surface area contributed by atoms with Crippen LogP contribution in [0.1, 0.15) is 27.9 Å². The molecule has 9 heteroatoms. The van der Waals surface area contributed by atoms with Crippen LogP contribution in [0.5, 0.6) is 0 Å². The highest BCUT2D eigenvalue weighted by molar-refractivity contribution is 6.02. The Morgan fingerprint density at radius 1 is 1.08 bits per heavy atom. The van der Waals surface area contributed by atoms with Gasteiger partial charge in [-0.3, -0.25) is 9.89 Å². The van der Waals surface area contributed by atoms with Crippen LogP contribution in [0, 0.1) is 0 Å². The van der Waals surface area contributed by atoms with Crippen LogP contribution in [0.15, 0.2) is 49.3 Å². The molecule has 4 rings (SSSR count). The first-order chi connectivity index (χ1) is 12.3. The standard InChI is InChI=1S/C16H14N8O/c25-16(13-12-15(19-7-17-12)20-8-18-13)23-11(14-21-9-22-24-14)6-10-4-2-1-3-5-10/h1-5,7-9,11H,6H2,(H,23,25)(H,21,22,24)(H,17,18,19,20)/t11-/m1/s1. The molecule has 0 saturated heterocycles. The first kappa shape index (κ1) is 14.9. The summed E-state index contributed by atoms with van der Waals surface area (Å²) in [5, 5.41) is 9.65. The highest BCUT2D eigenvalue weighted by Gasteiger charge is 2.21. The zero-order chi connectivity index (χ0) is 17.1. The Hall–Kier alpha value is -3.62. The maximum Gasteiger partial charge on any atom is 0.272 e. The van der Waals surface area contributed by atoms with Crippen LogP contribution in [0.4, 0.5) is 0 Å². The summed E-state index contributed by atoms with van der Waals surface area (Å²) in [6.45, 7) is 0. The minimum Gasteiger partial charge on any atom is -0.341 e. The van der Waals surface area contributed by atoms with Crippen molar-refractivity contribution in [2.75, 3.05) is 0 Å². The molecular weight excluding hydrogens is 320 g/mol. The van der Waals surface area contributed by atoms with E-state index < -0.39 is 0 Å². The van der Waals surface area contributed by atoms with E-state index in [2.05, 4.69) is 40.4 Å². The number of nitrogens with zero attached hydrogens (tertiary/aromatic N) is 5. The third-order valence-corrected chi connectivity index (χ3v) is 3.79. The average molecular weight is 334 g/mol. The van der Waals surface area contributed by atoms with Crippen LogP contribution >= 0.6 is 0 Å². The molecule has 3 N–H and O–H groups in total. The molecule has 0 aliphatic rings. The molecule has 1 aromatic carbocycles. The molecule has 3 aromatic heterocycles. The van der Waals surface area contributed by atoms with E-state index in [0.29, 0.717) is 23.4 Å². The molecule has 0 spiro atoms. The van der Waals surface area contributed by atoms with Crippen molar-refractivity contribution in [1.82, 2.24) is 40.4 Å². The monoisotopic (exact) mass is 334 g/mol. The number of fused-ring (bicyclic) bond motifs is 1. The van der Waals surface area contributed by atoms with Crippen molar-refractivity contribution in [2.24, 2.45) is 0 Å². The highest BCUT2D eigenvalue weighted by Crippen LogP contribution is 2.16. The second-order valence-electron chi connectivity index (χ2n) is 5.41. The summed E-state index contributed by atoms with van der Waals surface area (Å²) in [6.07, 6.45) is 4.78. The Morgan fingerprint density at radius 2 is 1.96 bits per heavy atom. The molecular formula is C16H14N8O. The van der Waals surface area contributed by atoms with Gasteiger partial charge < -0.3 is 10.3 Å². The molecule has 0 fully saturated rings. The summed E-state index contributed by atoms with van der Waals surface area (Å²) in [7, 11) is 0. The number of carbonyl (C=O) groups excluding carboxylic acids is 1. The number of imidazole rings is 1. The predicted octanol–water partition coefficient (Wildman–Crippen LogP) is 1.18. The topological polar surface area (TPSA) is 125 Å². The van der Waals surface area contributed by atoms with Crippen molar-refractivity contribution < 1.29 is 4.79 Å². The number of hydrogen-bond acceptors (Lipinski definition) is 6. The molecule has 4 aromatic rings. The molecule has 1 atom stereocenters. The summed E-state index contributed by atoms with van der Waals surface area (Å²) in [6, 6.07) is 9.47. The fourth-order valence-corrected chi connectivity index (χ4v) is 2.61. The maximum atomic E-state index is 12.7. The van der Waals surface area contributed by atoms with E-state index in [1.165, 1.54) is 19.0 Å². The Morgan fingerprint density at radius 3 is 2.76 bits per heavy atom. The van der Waals surface area contributed by atoms with Gasteiger partial charge in [0, 0.05) is 0 Å². The van der Waals surface area contributed by atoms with Gasteiger partial charge in [-0.1, -0.05) is 30.3 Å². The Balaban J connectivity index is 1.62. The number of nitrogens with one attached hydrogen (secondary N) is 3. The maximum absolute atomic E-state index is 12.7. The van der Waals surface area contributed by atoms with Gasteiger partial charge in [0.2, 0.25) is 0 Å². The Labute approximate surface area is 142 Å². The van der Waals surface area contributed by atoms with Crippen LogP contribution in [0.25, 0.3) is 11.2 Å². The molecule has 0 aliphatic carbocycles. The minimum atomic E-state index is -0.370.